The Hall–Kier alpha value is -0.370. The van der Waals surface area contributed by atoms with Crippen LogP contribution < -0.4 is 5.73 Å². The highest BCUT2D eigenvalue weighted by Crippen LogP contribution is 2.15. The second-order valence-corrected chi connectivity index (χ2v) is 4.75. The molecule has 1 unspecified atom stereocenters. The van der Waals surface area contributed by atoms with Crippen molar-refractivity contribution in [2.75, 3.05) is 0 Å². The molecule has 0 saturated heterocycles. The minimum absolute atomic E-state index is 0.243. The molecule has 0 aromatic carbocycles. The van der Waals surface area contributed by atoms with Crippen molar-refractivity contribution in [1.82, 2.24) is 0 Å². The van der Waals surface area contributed by atoms with Crippen molar-refractivity contribution in [2.24, 2.45) is 5.73 Å². The number of unbranched alkanes of at least 4 members (excludes halogenated alkanes) is 4. The minimum atomic E-state index is -0.581. The molecule has 0 aliphatic rings. The zero-order valence-corrected chi connectivity index (χ0v) is 10.6. The molecule has 0 aromatic heterocycles. The van der Waals surface area contributed by atoms with Crippen LogP contribution in [0.5, 0.6) is 0 Å². The van der Waals surface area contributed by atoms with Gasteiger partial charge in [-0.15, -0.1) is 0 Å². The highest BCUT2D eigenvalue weighted by Gasteiger charge is 2.26. The Morgan fingerprint density at radius 2 is 1.67 bits per heavy atom. The third-order valence-corrected chi connectivity index (χ3v) is 2.94. The topological polar surface area (TPSA) is 43.1 Å². The van der Waals surface area contributed by atoms with Crippen LogP contribution in [0.1, 0.15) is 72.1 Å². The smallest absolute Gasteiger partial charge is 0.152 e. The third kappa shape index (κ3) is 6.67. The van der Waals surface area contributed by atoms with E-state index in [0.29, 0.717) is 6.42 Å². The van der Waals surface area contributed by atoms with E-state index in [0.717, 1.165) is 32.1 Å². The number of carbonyl (C=O) groups is 1. The fraction of sp³-hybridized carbons (Fsp3) is 0.923. The Balaban J connectivity index is 3.75. The van der Waals surface area contributed by atoms with Gasteiger partial charge in [0.25, 0.3) is 0 Å². The summed E-state index contributed by atoms with van der Waals surface area (Å²) in [5, 5.41) is 0. The molecule has 0 spiro atoms. The van der Waals surface area contributed by atoms with Gasteiger partial charge in [-0.05, 0) is 19.8 Å². The lowest BCUT2D eigenvalue weighted by atomic mass is 9.88. The summed E-state index contributed by atoms with van der Waals surface area (Å²) in [6.07, 6.45) is 8.25. The summed E-state index contributed by atoms with van der Waals surface area (Å²) in [6, 6.07) is 0. The largest absolute Gasteiger partial charge is 0.319 e. The zero-order valence-electron chi connectivity index (χ0n) is 10.6. The number of carbonyl (C=O) groups excluding carboxylic acids is 1. The first-order chi connectivity index (χ1) is 7.04. The summed E-state index contributed by atoms with van der Waals surface area (Å²) < 4.78 is 0. The van der Waals surface area contributed by atoms with Gasteiger partial charge in [0.15, 0.2) is 5.78 Å². The average molecular weight is 213 g/mol. The summed E-state index contributed by atoms with van der Waals surface area (Å²) in [5.74, 6) is 0.243. The number of hydrogen-bond acceptors (Lipinski definition) is 2. The van der Waals surface area contributed by atoms with E-state index in [1.165, 1.54) is 12.8 Å². The van der Waals surface area contributed by atoms with Gasteiger partial charge in [0, 0.05) is 6.42 Å². The van der Waals surface area contributed by atoms with Crippen LogP contribution in [-0.4, -0.2) is 11.3 Å². The van der Waals surface area contributed by atoms with E-state index in [1.54, 1.807) is 0 Å². The van der Waals surface area contributed by atoms with Gasteiger partial charge in [-0.1, -0.05) is 46.0 Å². The lowest BCUT2D eigenvalue weighted by molar-refractivity contribution is -0.124. The molecule has 15 heavy (non-hydrogen) atoms. The molecule has 0 aliphatic carbocycles. The molecule has 0 amide bonds. The maximum atomic E-state index is 11.8. The van der Waals surface area contributed by atoms with E-state index in [4.69, 9.17) is 5.73 Å². The summed E-state index contributed by atoms with van der Waals surface area (Å²) >= 11 is 0. The summed E-state index contributed by atoms with van der Waals surface area (Å²) in [7, 11) is 0. The van der Waals surface area contributed by atoms with E-state index < -0.39 is 5.54 Å². The van der Waals surface area contributed by atoms with Crippen LogP contribution in [0.2, 0.25) is 0 Å². The van der Waals surface area contributed by atoms with Crippen molar-refractivity contribution < 1.29 is 4.79 Å². The molecule has 0 heterocycles. The molecule has 1 atom stereocenters. The second-order valence-electron chi connectivity index (χ2n) is 4.75. The molecule has 0 aromatic rings. The number of hydrogen-bond donors (Lipinski definition) is 1. The molecular weight excluding hydrogens is 186 g/mol. The standard InChI is InChI=1S/C13H27NO/c1-4-6-8-9-10-12(15)13(3,14)11-7-5-2/h4-11,14H2,1-3H3. The molecule has 2 N–H and O–H groups in total. The van der Waals surface area contributed by atoms with Crippen molar-refractivity contribution in [2.45, 2.75) is 77.7 Å². The van der Waals surface area contributed by atoms with Crippen molar-refractivity contribution in [3.8, 4) is 0 Å². The summed E-state index contributed by atoms with van der Waals surface area (Å²) in [4.78, 5) is 11.8. The Bertz CT molecular complexity index is 175. The highest BCUT2D eigenvalue weighted by atomic mass is 16.1. The van der Waals surface area contributed by atoms with Gasteiger partial charge >= 0.3 is 0 Å². The number of rotatable bonds is 9. The molecule has 2 heteroatoms. The van der Waals surface area contributed by atoms with Crippen LogP contribution in [0.25, 0.3) is 0 Å². The first-order valence-electron chi connectivity index (χ1n) is 6.36. The quantitative estimate of drug-likeness (QED) is 0.596. The predicted octanol–water partition coefficient (Wildman–Crippen LogP) is 3.43. The summed E-state index contributed by atoms with van der Waals surface area (Å²) in [6.45, 7) is 6.18. The van der Waals surface area contributed by atoms with Gasteiger partial charge < -0.3 is 5.73 Å². The lowest BCUT2D eigenvalue weighted by Crippen LogP contribution is -2.44. The van der Waals surface area contributed by atoms with E-state index in [2.05, 4.69) is 13.8 Å². The monoisotopic (exact) mass is 213 g/mol. The average Bonchev–Trinajstić information content (AvgIpc) is 2.21. The van der Waals surface area contributed by atoms with Gasteiger partial charge in [-0.3, -0.25) is 4.79 Å². The highest BCUT2D eigenvalue weighted by molar-refractivity contribution is 5.87. The minimum Gasteiger partial charge on any atom is -0.319 e. The van der Waals surface area contributed by atoms with Crippen molar-refractivity contribution >= 4 is 5.78 Å². The van der Waals surface area contributed by atoms with Crippen LogP contribution in [0, 0.1) is 0 Å². The molecule has 0 rings (SSSR count). The molecule has 0 aliphatic heterocycles. The number of Topliss-reactive ketones (excluding diaryl/α,β-unsaturated/α-hetero) is 1. The van der Waals surface area contributed by atoms with E-state index in [1.807, 2.05) is 6.92 Å². The predicted molar refractivity (Wildman–Crippen MR) is 65.9 cm³/mol. The van der Waals surface area contributed by atoms with Crippen LogP contribution in [-0.2, 0) is 4.79 Å². The van der Waals surface area contributed by atoms with E-state index in [-0.39, 0.29) is 5.78 Å². The molecule has 0 bridgehead atoms. The van der Waals surface area contributed by atoms with Gasteiger partial charge in [-0.2, -0.15) is 0 Å². The summed E-state index contributed by atoms with van der Waals surface area (Å²) in [5.41, 5.74) is 5.43. The van der Waals surface area contributed by atoms with Gasteiger partial charge in [0.05, 0.1) is 5.54 Å². The molecule has 2 nitrogen and oxygen atoms in total. The zero-order chi connectivity index (χ0) is 11.7. The normalized spacial score (nSPS) is 14.9. The maximum absolute atomic E-state index is 11.8. The fourth-order valence-electron chi connectivity index (χ4n) is 1.68. The van der Waals surface area contributed by atoms with Crippen molar-refractivity contribution in [3.05, 3.63) is 0 Å². The number of nitrogens with two attached hydrogens (primary N) is 1. The maximum Gasteiger partial charge on any atom is 0.152 e. The fourth-order valence-corrected chi connectivity index (χ4v) is 1.68. The van der Waals surface area contributed by atoms with Crippen molar-refractivity contribution in [1.29, 1.82) is 0 Å². The van der Waals surface area contributed by atoms with Crippen LogP contribution in [0.15, 0.2) is 0 Å². The Morgan fingerprint density at radius 1 is 1.07 bits per heavy atom. The first kappa shape index (κ1) is 14.6. The molecule has 0 radical (unpaired) electrons. The second kappa shape index (κ2) is 7.86. The third-order valence-electron chi connectivity index (χ3n) is 2.94. The van der Waals surface area contributed by atoms with E-state index in [9.17, 15) is 4.79 Å². The molecule has 0 saturated carbocycles. The first-order valence-corrected chi connectivity index (χ1v) is 6.36. The number of ketones is 1. The van der Waals surface area contributed by atoms with Crippen LogP contribution in [0.4, 0.5) is 0 Å². The Morgan fingerprint density at radius 3 is 2.20 bits per heavy atom. The van der Waals surface area contributed by atoms with Gasteiger partial charge in [0.1, 0.15) is 0 Å². The Labute approximate surface area is 94.6 Å². The van der Waals surface area contributed by atoms with Gasteiger partial charge in [-0.25, -0.2) is 0 Å². The van der Waals surface area contributed by atoms with Gasteiger partial charge in [0.2, 0.25) is 0 Å². The van der Waals surface area contributed by atoms with Crippen LogP contribution in [0.3, 0.4) is 0 Å². The lowest BCUT2D eigenvalue weighted by Gasteiger charge is -2.22. The SMILES string of the molecule is CCCCCCC(=O)C(C)(N)CCCC. The van der Waals surface area contributed by atoms with Crippen LogP contribution >= 0.6 is 0 Å². The molecule has 90 valence electrons. The van der Waals surface area contributed by atoms with E-state index >= 15 is 0 Å². The van der Waals surface area contributed by atoms with Crippen molar-refractivity contribution in [3.63, 3.8) is 0 Å². The molecule has 0 fully saturated rings. The Kier molecular flexibility index (Phi) is 7.67. The molecular formula is C13H27NO.